The summed E-state index contributed by atoms with van der Waals surface area (Å²) in [6.07, 6.45) is 3.36. The van der Waals surface area contributed by atoms with Crippen LogP contribution in [0.1, 0.15) is 36.1 Å². The van der Waals surface area contributed by atoms with Gasteiger partial charge >= 0.3 is 0 Å². The molecule has 0 N–H and O–H groups in total. The fraction of sp³-hybridized carbons (Fsp3) is 0.333. The van der Waals surface area contributed by atoms with Crippen LogP contribution in [0, 0.1) is 13.8 Å². The molecule has 2 fully saturated rings. The number of hydrogen-bond acceptors (Lipinski definition) is 7. The molecule has 7 nitrogen and oxygen atoms in total. The number of thioether (sulfide) groups is 1. The van der Waals surface area contributed by atoms with Gasteiger partial charge in [0.05, 0.1) is 29.2 Å². The normalized spacial score (nSPS) is 21.7. The highest BCUT2D eigenvalue weighted by atomic mass is 32.2. The Morgan fingerprint density at radius 2 is 1.81 bits per heavy atom. The van der Waals surface area contributed by atoms with Gasteiger partial charge in [0.1, 0.15) is 15.8 Å². The van der Waals surface area contributed by atoms with Crippen LogP contribution in [0.15, 0.2) is 52.3 Å². The first kappa shape index (κ1) is 24.7. The summed E-state index contributed by atoms with van der Waals surface area (Å²) in [6, 6.07) is 11.8. The van der Waals surface area contributed by atoms with E-state index < -0.39 is 0 Å². The van der Waals surface area contributed by atoms with Crippen LogP contribution in [0.25, 0.3) is 11.7 Å². The Labute approximate surface area is 219 Å². The number of aromatic nitrogens is 2. The van der Waals surface area contributed by atoms with Crippen molar-refractivity contribution in [2.75, 3.05) is 18.0 Å². The predicted molar refractivity (Wildman–Crippen MR) is 148 cm³/mol. The Bertz CT molecular complexity index is 1440. The first-order valence-electron chi connectivity index (χ1n) is 11.9. The molecule has 0 saturated carbocycles. The number of anilines is 1. The van der Waals surface area contributed by atoms with E-state index in [1.807, 2.05) is 64.1 Å². The number of rotatable bonds is 4. The fourth-order valence-corrected chi connectivity index (χ4v) is 5.90. The van der Waals surface area contributed by atoms with Crippen molar-refractivity contribution < 1.29 is 9.53 Å². The van der Waals surface area contributed by atoms with Crippen molar-refractivity contribution in [2.24, 2.45) is 0 Å². The van der Waals surface area contributed by atoms with Crippen LogP contribution in [-0.2, 0) is 16.1 Å². The van der Waals surface area contributed by atoms with Gasteiger partial charge in [0.15, 0.2) is 0 Å². The fourth-order valence-electron chi connectivity index (χ4n) is 4.66. The number of pyridine rings is 1. The van der Waals surface area contributed by atoms with Crippen molar-refractivity contribution in [3.8, 4) is 0 Å². The number of morpholine rings is 1. The molecule has 2 atom stereocenters. The standard InChI is InChI=1S/C27H28N4O3S2/c1-16-7-9-20(10-8-16)15-31-26(33)22(36-27(31)35)12-21-24(29-13-18(3)34-19(4)14-29)28-23-17(2)6-5-11-30(23)25(21)32/h5-12,18-19H,13-15H2,1-4H3/b22-12-/t18-,19-/m0/s1. The molecule has 1 amide bonds. The van der Waals surface area contributed by atoms with E-state index in [1.165, 1.54) is 11.8 Å². The van der Waals surface area contributed by atoms with Crippen molar-refractivity contribution >= 4 is 51.7 Å². The smallest absolute Gasteiger partial charge is 0.267 e. The number of carbonyl (C=O) groups is 1. The molecule has 2 aliphatic heterocycles. The van der Waals surface area contributed by atoms with Gasteiger partial charge < -0.3 is 9.64 Å². The summed E-state index contributed by atoms with van der Waals surface area (Å²) in [6.45, 7) is 9.59. The summed E-state index contributed by atoms with van der Waals surface area (Å²) in [5.41, 5.74) is 3.83. The quantitative estimate of drug-likeness (QED) is 0.375. The zero-order valence-electron chi connectivity index (χ0n) is 20.7. The molecule has 4 heterocycles. The highest BCUT2D eigenvalue weighted by Gasteiger charge is 2.33. The average molecular weight is 521 g/mol. The number of carbonyl (C=O) groups excluding carboxylic acids is 1. The number of benzene rings is 1. The van der Waals surface area contributed by atoms with Crippen molar-refractivity contribution in [3.63, 3.8) is 0 Å². The SMILES string of the molecule is Cc1ccc(CN2C(=O)/C(=C/c3c(N4C[C@H](C)O[C@@H](C)C4)nc4c(C)cccn4c3=O)SC2=S)cc1. The largest absolute Gasteiger partial charge is 0.372 e. The maximum Gasteiger partial charge on any atom is 0.267 e. The molecule has 0 aliphatic carbocycles. The lowest BCUT2D eigenvalue weighted by Gasteiger charge is -2.36. The van der Waals surface area contributed by atoms with Gasteiger partial charge in [-0.15, -0.1) is 0 Å². The van der Waals surface area contributed by atoms with Crippen LogP contribution in [0.5, 0.6) is 0 Å². The van der Waals surface area contributed by atoms with Crippen LogP contribution < -0.4 is 10.5 Å². The van der Waals surface area contributed by atoms with Gasteiger partial charge in [0.25, 0.3) is 11.5 Å². The monoisotopic (exact) mass is 520 g/mol. The van der Waals surface area contributed by atoms with Crippen LogP contribution in [-0.4, -0.2) is 49.8 Å². The highest BCUT2D eigenvalue weighted by molar-refractivity contribution is 8.26. The van der Waals surface area contributed by atoms with E-state index in [1.54, 1.807) is 21.6 Å². The van der Waals surface area contributed by atoms with Gasteiger partial charge in [-0.3, -0.25) is 18.9 Å². The van der Waals surface area contributed by atoms with E-state index in [9.17, 15) is 9.59 Å². The third kappa shape index (κ3) is 4.70. The second kappa shape index (κ2) is 9.80. The first-order chi connectivity index (χ1) is 17.2. The third-order valence-electron chi connectivity index (χ3n) is 6.39. The molecule has 2 saturated heterocycles. The lowest BCUT2D eigenvalue weighted by Crippen LogP contribution is -2.46. The van der Waals surface area contributed by atoms with Crippen molar-refractivity contribution in [1.29, 1.82) is 0 Å². The van der Waals surface area contributed by atoms with Crippen LogP contribution in [0.4, 0.5) is 5.82 Å². The van der Waals surface area contributed by atoms with E-state index in [0.717, 1.165) is 16.7 Å². The van der Waals surface area contributed by atoms with Crippen LogP contribution >= 0.6 is 24.0 Å². The van der Waals surface area contributed by atoms with Crippen LogP contribution in [0.3, 0.4) is 0 Å². The third-order valence-corrected chi connectivity index (χ3v) is 7.77. The molecule has 186 valence electrons. The molecule has 0 unspecified atom stereocenters. The predicted octanol–water partition coefficient (Wildman–Crippen LogP) is 4.33. The maximum atomic E-state index is 13.7. The maximum absolute atomic E-state index is 13.7. The van der Waals surface area contributed by atoms with Crippen molar-refractivity contribution in [3.05, 3.63) is 80.1 Å². The minimum absolute atomic E-state index is 0.00792. The van der Waals surface area contributed by atoms with E-state index in [0.29, 0.717) is 45.9 Å². The molecule has 5 rings (SSSR count). The van der Waals surface area contributed by atoms with E-state index in [2.05, 4.69) is 4.90 Å². The van der Waals surface area contributed by atoms with E-state index in [4.69, 9.17) is 21.9 Å². The zero-order chi connectivity index (χ0) is 25.6. The van der Waals surface area contributed by atoms with Crippen molar-refractivity contribution in [2.45, 2.75) is 46.4 Å². The topological polar surface area (TPSA) is 67.2 Å². The minimum atomic E-state index is -0.214. The summed E-state index contributed by atoms with van der Waals surface area (Å²) in [4.78, 5) is 36.2. The molecule has 1 aromatic carbocycles. The number of fused-ring (bicyclic) bond motifs is 1. The minimum Gasteiger partial charge on any atom is -0.372 e. The molecule has 36 heavy (non-hydrogen) atoms. The van der Waals surface area contributed by atoms with Gasteiger partial charge in [0.2, 0.25) is 0 Å². The van der Waals surface area contributed by atoms with Gasteiger partial charge in [-0.25, -0.2) is 4.98 Å². The van der Waals surface area contributed by atoms with Gasteiger partial charge in [-0.05, 0) is 51.0 Å². The Kier molecular flexibility index (Phi) is 6.72. The molecular formula is C27H28N4O3S2. The summed E-state index contributed by atoms with van der Waals surface area (Å²) in [5, 5.41) is 0. The molecule has 2 aromatic heterocycles. The summed E-state index contributed by atoms with van der Waals surface area (Å²) < 4.78 is 7.94. The Hall–Kier alpha value is -3.01. The Morgan fingerprint density at radius 3 is 2.50 bits per heavy atom. The Balaban J connectivity index is 1.58. The number of ether oxygens (including phenoxy) is 1. The molecule has 2 aliphatic rings. The van der Waals surface area contributed by atoms with Gasteiger partial charge in [-0.2, -0.15) is 0 Å². The Morgan fingerprint density at radius 1 is 1.11 bits per heavy atom. The molecular weight excluding hydrogens is 492 g/mol. The number of amides is 1. The first-order valence-corrected chi connectivity index (χ1v) is 13.2. The van der Waals surface area contributed by atoms with Crippen molar-refractivity contribution in [1.82, 2.24) is 14.3 Å². The summed E-state index contributed by atoms with van der Waals surface area (Å²) in [7, 11) is 0. The highest BCUT2D eigenvalue weighted by Crippen LogP contribution is 2.35. The van der Waals surface area contributed by atoms with Gasteiger partial charge in [-0.1, -0.05) is 59.9 Å². The van der Waals surface area contributed by atoms with Gasteiger partial charge in [0, 0.05) is 19.3 Å². The summed E-state index contributed by atoms with van der Waals surface area (Å²) in [5.74, 6) is 0.370. The second-order valence-corrected chi connectivity index (χ2v) is 11.1. The molecule has 3 aromatic rings. The lowest BCUT2D eigenvalue weighted by atomic mass is 10.1. The average Bonchev–Trinajstić information content (AvgIpc) is 3.09. The van der Waals surface area contributed by atoms with Crippen LogP contribution in [0.2, 0.25) is 0 Å². The summed E-state index contributed by atoms with van der Waals surface area (Å²) >= 11 is 6.78. The van der Waals surface area contributed by atoms with E-state index in [-0.39, 0.29) is 23.7 Å². The number of thiocarbonyl (C=S) groups is 1. The molecule has 0 radical (unpaired) electrons. The molecule has 0 bridgehead atoms. The zero-order valence-corrected chi connectivity index (χ0v) is 22.4. The second-order valence-electron chi connectivity index (χ2n) is 9.45. The molecule has 0 spiro atoms. The lowest BCUT2D eigenvalue weighted by molar-refractivity contribution is -0.122. The number of aryl methyl sites for hydroxylation is 2. The number of hydrogen-bond donors (Lipinski definition) is 0. The van der Waals surface area contributed by atoms with E-state index >= 15 is 0 Å². The molecule has 9 heteroatoms. The number of nitrogens with zero attached hydrogens (tertiary/aromatic N) is 4.